The van der Waals surface area contributed by atoms with Gasteiger partial charge in [-0.05, 0) is 6.08 Å². The lowest BCUT2D eigenvalue weighted by atomic mass is 10.1. The number of thiocarbonyl (C=S) groups is 1. The largest absolute Gasteiger partial charge is 0.307 e. The summed E-state index contributed by atoms with van der Waals surface area (Å²) < 4.78 is 2.19. The Hall–Kier alpha value is -2.43. The highest BCUT2D eigenvalue weighted by molar-refractivity contribution is 8.26. The van der Waals surface area contributed by atoms with Crippen molar-refractivity contribution in [1.29, 1.82) is 5.26 Å². The Balaban J connectivity index is 2.02. The van der Waals surface area contributed by atoms with E-state index in [0.29, 0.717) is 22.2 Å². The molecule has 0 saturated carbocycles. The molecule has 0 aliphatic carbocycles. The van der Waals surface area contributed by atoms with Gasteiger partial charge in [-0.1, -0.05) is 54.3 Å². The van der Waals surface area contributed by atoms with E-state index in [0.717, 1.165) is 16.8 Å². The number of rotatable bonds is 4. The number of benzene rings is 1. The number of thioether (sulfide) groups is 1. The molecule has 3 rings (SSSR count). The quantitative estimate of drug-likeness (QED) is 0.684. The van der Waals surface area contributed by atoms with Crippen molar-refractivity contribution in [3.8, 4) is 17.3 Å². The molecule has 0 spiro atoms. The third-order valence-electron chi connectivity index (χ3n) is 3.22. The van der Waals surface area contributed by atoms with Crippen LogP contribution in [0.1, 0.15) is 12.0 Å². The SMILES string of the molecule is N#CCCn1cc(/C=C2\SC(=S)NC2=O)c(-c2ccccc2)n1. The van der Waals surface area contributed by atoms with Crippen molar-refractivity contribution in [3.05, 3.63) is 47.0 Å². The van der Waals surface area contributed by atoms with E-state index in [4.69, 9.17) is 17.5 Å². The highest BCUT2D eigenvalue weighted by atomic mass is 32.2. The topological polar surface area (TPSA) is 70.7 Å². The third-order valence-corrected chi connectivity index (χ3v) is 4.38. The van der Waals surface area contributed by atoms with Gasteiger partial charge in [-0.15, -0.1) is 0 Å². The summed E-state index contributed by atoms with van der Waals surface area (Å²) in [6.45, 7) is 0.511. The molecule has 114 valence electrons. The Kier molecular flexibility index (Phi) is 4.55. The number of nitrogens with one attached hydrogen (secondary N) is 1. The molecule has 0 bridgehead atoms. The fourth-order valence-electron chi connectivity index (χ4n) is 2.20. The molecule has 1 aliphatic heterocycles. The maximum absolute atomic E-state index is 11.9. The van der Waals surface area contributed by atoms with Crippen LogP contribution < -0.4 is 5.32 Å². The number of carbonyl (C=O) groups is 1. The van der Waals surface area contributed by atoms with E-state index in [-0.39, 0.29) is 5.91 Å². The molecule has 23 heavy (non-hydrogen) atoms. The summed E-state index contributed by atoms with van der Waals surface area (Å²) in [7, 11) is 0. The second kappa shape index (κ2) is 6.77. The van der Waals surface area contributed by atoms with Gasteiger partial charge in [0, 0.05) is 17.3 Å². The first kappa shape index (κ1) is 15.5. The molecular formula is C16H12N4OS2. The van der Waals surface area contributed by atoms with Gasteiger partial charge in [-0.3, -0.25) is 9.48 Å². The molecule has 0 unspecified atom stereocenters. The number of hydrogen-bond donors (Lipinski definition) is 1. The second-order valence-corrected chi connectivity index (χ2v) is 6.54. The highest BCUT2D eigenvalue weighted by Crippen LogP contribution is 2.30. The molecule has 1 fully saturated rings. The first-order valence-electron chi connectivity index (χ1n) is 6.92. The van der Waals surface area contributed by atoms with Crippen molar-refractivity contribution in [1.82, 2.24) is 15.1 Å². The molecule has 1 N–H and O–H groups in total. The Morgan fingerprint density at radius 3 is 2.83 bits per heavy atom. The number of hydrogen-bond acceptors (Lipinski definition) is 5. The van der Waals surface area contributed by atoms with Gasteiger partial charge in [0.05, 0.1) is 29.6 Å². The van der Waals surface area contributed by atoms with E-state index >= 15 is 0 Å². The predicted octanol–water partition coefficient (Wildman–Crippen LogP) is 2.95. The van der Waals surface area contributed by atoms with Crippen LogP contribution in [0.5, 0.6) is 0 Å². The van der Waals surface area contributed by atoms with Gasteiger partial charge in [0.25, 0.3) is 5.91 Å². The second-order valence-electron chi connectivity index (χ2n) is 4.82. The van der Waals surface area contributed by atoms with Crippen molar-refractivity contribution >= 4 is 40.3 Å². The summed E-state index contributed by atoms with van der Waals surface area (Å²) in [6.07, 6.45) is 4.02. The summed E-state index contributed by atoms with van der Waals surface area (Å²) in [5.74, 6) is -0.191. The van der Waals surface area contributed by atoms with E-state index in [1.165, 1.54) is 11.8 Å². The van der Waals surface area contributed by atoms with E-state index in [1.54, 1.807) is 10.8 Å². The summed E-state index contributed by atoms with van der Waals surface area (Å²) >= 11 is 6.25. The molecule has 2 aromatic rings. The van der Waals surface area contributed by atoms with Gasteiger partial charge >= 0.3 is 0 Å². The Morgan fingerprint density at radius 1 is 1.39 bits per heavy atom. The van der Waals surface area contributed by atoms with Crippen molar-refractivity contribution in [3.63, 3.8) is 0 Å². The molecule has 7 heteroatoms. The van der Waals surface area contributed by atoms with Crippen LogP contribution >= 0.6 is 24.0 Å². The lowest BCUT2D eigenvalue weighted by Crippen LogP contribution is -2.17. The Morgan fingerprint density at radius 2 is 2.17 bits per heavy atom. The highest BCUT2D eigenvalue weighted by Gasteiger charge is 2.23. The zero-order valence-corrected chi connectivity index (χ0v) is 13.7. The van der Waals surface area contributed by atoms with Crippen LogP contribution in [0.25, 0.3) is 17.3 Å². The fourth-order valence-corrected chi connectivity index (χ4v) is 3.24. The van der Waals surface area contributed by atoms with Gasteiger partial charge in [0.2, 0.25) is 0 Å². The fraction of sp³-hybridized carbons (Fsp3) is 0.125. The molecular weight excluding hydrogens is 328 g/mol. The van der Waals surface area contributed by atoms with Crippen LogP contribution in [-0.2, 0) is 11.3 Å². The van der Waals surface area contributed by atoms with Gasteiger partial charge in [0.1, 0.15) is 4.32 Å². The van der Waals surface area contributed by atoms with Gasteiger partial charge in [0.15, 0.2) is 0 Å². The maximum Gasteiger partial charge on any atom is 0.263 e. The molecule has 1 aromatic heterocycles. The molecule has 2 heterocycles. The number of aromatic nitrogens is 2. The molecule has 1 aromatic carbocycles. The van der Waals surface area contributed by atoms with Crippen molar-refractivity contribution in [2.75, 3.05) is 0 Å². The summed E-state index contributed by atoms with van der Waals surface area (Å²) in [4.78, 5) is 12.4. The normalized spacial score (nSPS) is 15.7. The van der Waals surface area contributed by atoms with E-state index in [2.05, 4.69) is 16.5 Å². The lowest BCUT2D eigenvalue weighted by molar-refractivity contribution is -0.115. The van der Waals surface area contributed by atoms with Crippen LogP contribution in [-0.4, -0.2) is 20.0 Å². The molecule has 5 nitrogen and oxygen atoms in total. The van der Waals surface area contributed by atoms with Crippen molar-refractivity contribution in [2.45, 2.75) is 13.0 Å². The minimum absolute atomic E-state index is 0.191. The minimum Gasteiger partial charge on any atom is -0.307 e. The molecule has 0 radical (unpaired) electrons. The monoisotopic (exact) mass is 340 g/mol. The Bertz CT molecular complexity index is 834. The maximum atomic E-state index is 11.9. The minimum atomic E-state index is -0.191. The van der Waals surface area contributed by atoms with Crippen LogP contribution in [0.3, 0.4) is 0 Å². The van der Waals surface area contributed by atoms with Gasteiger partial charge in [-0.2, -0.15) is 10.4 Å². The Labute approximate surface area is 143 Å². The first-order valence-corrected chi connectivity index (χ1v) is 8.14. The number of amides is 1. The standard InChI is InChI=1S/C16H12N4OS2/c17-7-4-8-20-10-12(9-13-15(21)18-16(22)23-13)14(19-20)11-5-2-1-3-6-11/h1-3,5-6,9-10H,4,8H2,(H,18,21,22)/b13-9-. The molecule has 1 aliphatic rings. The smallest absolute Gasteiger partial charge is 0.263 e. The summed E-state index contributed by atoms with van der Waals surface area (Å²) in [6, 6.07) is 11.8. The van der Waals surface area contributed by atoms with E-state index in [9.17, 15) is 4.79 Å². The molecule has 1 saturated heterocycles. The average Bonchev–Trinajstić information content (AvgIpc) is 3.09. The molecule has 0 atom stereocenters. The average molecular weight is 340 g/mol. The van der Waals surface area contributed by atoms with Crippen molar-refractivity contribution < 1.29 is 4.79 Å². The number of carbonyl (C=O) groups excluding carboxylic acids is 1. The first-order chi connectivity index (χ1) is 11.2. The van der Waals surface area contributed by atoms with Crippen molar-refractivity contribution in [2.24, 2.45) is 0 Å². The van der Waals surface area contributed by atoms with Crippen LogP contribution in [0.2, 0.25) is 0 Å². The van der Waals surface area contributed by atoms with Crippen LogP contribution in [0.15, 0.2) is 41.4 Å². The van der Waals surface area contributed by atoms with E-state index in [1.807, 2.05) is 36.5 Å². The summed E-state index contributed by atoms with van der Waals surface area (Å²) in [5, 5.41) is 15.9. The van der Waals surface area contributed by atoms with Gasteiger partial charge in [-0.25, -0.2) is 0 Å². The lowest BCUT2D eigenvalue weighted by Gasteiger charge is -1.99. The van der Waals surface area contributed by atoms with Crippen LogP contribution in [0, 0.1) is 11.3 Å². The zero-order chi connectivity index (χ0) is 16.2. The summed E-state index contributed by atoms with van der Waals surface area (Å²) in [5.41, 5.74) is 2.57. The number of nitriles is 1. The van der Waals surface area contributed by atoms with E-state index < -0.39 is 0 Å². The third kappa shape index (κ3) is 3.50. The molecule has 1 amide bonds. The predicted molar refractivity (Wildman–Crippen MR) is 94.2 cm³/mol. The zero-order valence-electron chi connectivity index (χ0n) is 12.0. The number of aryl methyl sites for hydroxylation is 1. The van der Waals surface area contributed by atoms with Gasteiger partial charge < -0.3 is 5.32 Å². The number of nitrogens with zero attached hydrogens (tertiary/aromatic N) is 3. The van der Waals surface area contributed by atoms with Crippen LogP contribution in [0.4, 0.5) is 0 Å².